The summed E-state index contributed by atoms with van der Waals surface area (Å²) in [5.41, 5.74) is 4.24. The van der Waals surface area contributed by atoms with E-state index >= 15 is 0 Å². The summed E-state index contributed by atoms with van der Waals surface area (Å²) in [6, 6.07) is 8.14. The fraction of sp³-hybridized carbons (Fsp3) is 0.188. The number of esters is 1. The number of thiazole rings is 1. The molecule has 1 aromatic carbocycles. The maximum Gasteiger partial charge on any atom is 0.357 e. The number of carbonyl (C=O) groups is 1. The van der Waals surface area contributed by atoms with Crippen molar-refractivity contribution in [3.05, 3.63) is 57.6 Å². The number of ether oxygens (including phenoxy) is 1. The maximum atomic E-state index is 11.6. The van der Waals surface area contributed by atoms with E-state index in [1.54, 1.807) is 5.38 Å². The maximum absolute atomic E-state index is 11.6. The molecule has 6 heteroatoms. The molecular formula is C16H14N2O3S. The number of hydrogen-bond donors (Lipinski definition) is 0. The first-order valence-corrected chi connectivity index (χ1v) is 7.56. The van der Waals surface area contributed by atoms with E-state index in [4.69, 9.17) is 9.57 Å². The van der Waals surface area contributed by atoms with Crippen LogP contribution in [0.1, 0.15) is 26.6 Å². The largest absolute Gasteiger partial charge is 0.464 e. The molecule has 0 saturated heterocycles. The Labute approximate surface area is 131 Å². The van der Waals surface area contributed by atoms with Gasteiger partial charge in [-0.15, -0.1) is 11.3 Å². The standard InChI is InChI=1S/C16H14N2O3S/c1-20-16(19)13-9-22-15(17-13)14(18-21-2)12-8-7-10-5-3-4-6-11(10)12/h3-6,8-9H,7H2,1-2H3/b18-14+. The lowest BCUT2D eigenvalue weighted by atomic mass is 10.0. The van der Waals surface area contributed by atoms with E-state index in [0.29, 0.717) is 10.7 Å². The third-order valence-corrected chi connectivity index (χ3v) is 4.22. The number of hydrogen-bond acceptors (Lipinski definition) is 6. The van der Waals surface area contributed by atoms with Crippen molar-refractivity contribution in [1.29, 1.82) is 0 Å². The Morgan fingerprint density at radius 2 is 2.14 bits per heavy atom. The molecule has 1 heterocycles. The summed E-state index contributed by atoms with van der Waals surface area (Å²) >= 11 is 1.34. The molecule has 0 bridgehead atoms. The van der Waals surface area contributed by atoms with Gasteiger partial charge < -0.3 is 9.57 Å². The van der Waals surface area contributed by atoms with Gasteiger partial charge in [0.05, 0.1) is 7.11 Å². The van der Waals surface area contributed by atoms with E-state index in [1.807, 2.05) is 18.2 Å². The van der Waals surface area contributed by atoms with Gasteiger partial charge in [-0.2, -0.15) is 0 Å². The number of carbonyl (C=O) groups excluding carboxylic acids is 1. The van der Waals surface area contributed by atoms with Gasteiger partial charge in [0, 0.05) is 11.0 Å². The van der Waals surface area contributed by atoms with Crippen LogP contribution in [-0.2, 0) is 16.0 Å². The number of oxime groups is 1. The Morgan fingerprint density at radius 1 is 1.32 bits per heavy atom. The molecule has 0 N–H and O–H groups in total. The fourth-order valence-electron chi connectivity index (χ4n) is 2.38. The highest BCUT2D eigenvalue weighted by Gasteiger charge is 2.23. The number of benzene rings is 1. The summed E-state index contributed by atoms with van der Waals surface area (Å²) in [6.07, 6.45) is 2.95. The lowest BCUT2D eigenvalue weighted by Gasteiger charge is -2.06. The number of nitrogens with zero attached hydrogens (tertiary/aromatic N) is 2. The molecule has 0 unspecified atom stereocenters. The lowest BCUT2D eigenvalue weighted by molar-refractivity contribution is 0.0595. The quantitative estimate of drug-likeness (QED) is 0.494. The highest BCUT2D eigenvalue weighted by atomic mass is 32.1. The van der Waals surface area contributed by atoms with E-state index in [-0.39, 0.29) is 5.69 Å². The van der Waals surface area contributed by atoms with Gasteiger partial charge in [0.2, 0.25) is 0 Å². The number of fused-ring (bicyclic) bond motifs is 1. The van der Waals surface area contributed by atoms with Crippen molar-refractivity contribution in [3.63, 3.8) is 0 Å². The molecule has 0 aliphatic heterocycles. The zero-order chi connectivity index (χ0) is 15.5. The van der Waals surface area contributed by atoms with Gasteiger partial charge in [-0.25, -0.2) is 9.78 Å². The second-order valence-corrected chi connectivity index (χ2v) is 5.49. The van der Waals surface area contributed by atoms with Crippen molar-refractivity contribution >= 4 is 28.6 Å². The minimum absolute atomic E-state index is 0.276. The highest BCUT2D eigenvalue weighted by molar-refractivity contribution is 7.12. The number of allylic oxidation sites excluding steroid dienone is 2. The Kier molecular flexibility index (Phi) is 4.02. The van der Waals surface area contributed by atoms with Gasteiger partial charge in [-0.3, -0.25) is 0 Å². The third kappa shape index (κ3) is 2.53. The van der Waals surface area contributed by atoms with Gasteiger partial charge in [-0.1, -0.05) is 35.5 Å². The monoisotopic (exact) mass is 314 g/mol. The molecule has 2 aromatic rings. The van der Waals surface area contributed by atoms with Crippen LogP contribution >= 0.6 is 11.3 Å². The van der Waals surface area contributed by atoms with Gasteiger partial charge in [0.25, 0.3) is 0 Å². The summed E-state index contributed by atoms with van der Waals surface area (Å²) in [4.78, 5) is 20.9. The SMILES string of the molecule is CO/N=C(\C1=CCc2ccccc21)c1nc(C(=O)OC)cs1. The van der Waals surface area contributed by atoms with E-state index in [2.05, 4.69) is 22.3 Å². The van der Waals surface area contributed by atoms with E-state index < -0.39 is 5.97 Å². The van der Waals surface area contributed by atoms with Crippen molar-refractivity contribution < 1.29 is 14.4 Å². The minimum Gasteiger partial charge on any atom is -0.464 e. The molecule has 0 atom stereocenters. The number of aromatic nitrogens is 1. The van der Waals surface area contributed by atoms with Crippen LogP contribution in [0, 0.1) is 0 Å². The Morgan fingerprint density at radius 3 is 2.91 bits per heavy atom. The van der Waals surface area contributed by atoms with E-state index in [9.17, 15) is 4.79 Å². The Bertz CT molecular complexity index is 777. The van der Waals surface area contributed by atoms with E-state index in [1.165, 1.54) is 31.1 Å². The lowest BCUT2D eigenvalue weighted by Crippen LogP contribution is -2.06. The Hall–Kier alpha value is -2.47. The van der Waals surface area contributed by atoms with Gasteiger partial charge in [0.15, 0.2) is 5.69 Å². The van der Waals surface area contributed by atoms with Crippen LogP contribution < -0.4 is 0 Å². The molecule has 0 radical (unpaired) electrons. The molecule has 112 valence electrons. The number of rotatable bonds is 4. The zero-order valence-corrected chi connectivity index (χ0v) is 13.0. The average Bonchev–Trinajstić information content (AvgIpc) is 3.19. The molecule has 5 nitrogen and oxygen atoms in total. The summed E-state index contributed by atoms with van der Waals surface area (Å²) in [6.45, 7) is 0. The molecule has 0 saturated carbocycles. The van der Waals surface area contributed by atoms with Crippen LogP contribution in [0.2, 0.25) is 0 Å². The number of methoxy groups -OCH3 is 1. The summed E-state index contributed by atoms with van der Waals surface area (Å²) < 4.78 is 4.69. The predicted molar refractivity (Wildman–Crippen MR) is 85.1 cm³/mol. The van der Waals surface area contributed by atoms with Crippen molar-refractivity contribution in [2.75, 3.05) is 14.2 Å². The second-order valence-electron chi connectivity index (χ2n) is 4.63. The summed E-state index contributed by atoms with van der Waals surface area (Å²) in [7, 11) is 2.83. The zero-order valence-electron chi connectivity index (χ0n) is 12.2. The van der Waals surface area contributed by atoms with Crippen molar-refractivity contribution in [2.24, 2.45) is 5.16 Å². The molecule has 1 aromatic heterocycles. The van der Waals surface area contributed by atoms with Crippen molar-refractivity contribution in [1.82, 2.24) is 4.98 Å². The summed E-state index contributed by atoms with van der Waals surface area (Å²) in [5.74, 6) is -0.458. The van der Waals surface area contributed by atoms with Gasteiger partial charge in [0.1, 0.15) is 17.8 Å². The first-order chi connectivity index (χ1) is 10.7. The summed E-state index contributed by atoms with van der Waals surface area (Å²) in [5, 5.41) is 6.41. The van der Waals surface area contributed by atoms with Gasteiger partial charge >= 0.3 is 5.97 Å². The van der Waals surface area contributed by atoms with Crippen LogP contribution in [0.5, 0.6) is 0 Å². The molecule has 1 aliphatic rings. The fourth-order valence-corrected chi connectivity index (χ4v) is 3.16. The van der Waals surface area contributed by atoms with Crippen LogP contribution in [0.4, 0.5) is 0 Å². The molecular weight excluding hydrogens is 300 g/mol. The van der Waals surface area contributed by atoms with Crippen LogP contribution in [0.15, 0.2) is 40.9 Å². The minimum atomic E-state index is -0.458. The molecule has 1 aliphatic carbocycles. The van der Waals surface area contributed by atoms with E-state index in [0.717, 1.165) is 17.6 Å². The van der Waals surface area contributed by atoms with Crippen LogP contribution in [-0.4, -0.2) is 30.9 Å². The molecule has 0 spiro atoms. The average molecular weight is 314 g/mol. The van der Waals surface area contributed by atoms with Crippen molar-refractivity contribution in [2.45, 2.75) is 6.42 Å². The Balaban J connectivity index is 2.00. The molecule has 0 fully saturated rings. The first-order valence-electron chi connectivity index (χ1n) is 6.68. The first kappa shape index (κ1) is 14.5. The topological polar surface area (TPSA) is 60.8 Å². The predicted octanol–water partition coefficient (Wildman–Crippen LogP) is 2.92. The van der Waals surface area contributed by atoms with Crippen molar-refractivity contribution in [3.8, 4) is 0 Å². The third-order valence-electron chi connectivity index (χ3n) is 3.37. The smallest absolute Gasteiger partial charge is 0.357 e. The second kappa shape index (κ2) is 6.11. The van der Waals surface area contributed by atoms with Crippen LogP contribution in [0.25, 0.3) is 5.57 Å². The van der Waals surface area contributed by atoms with Crippen LogP contribution in [0.3, 0.4) is 0 Å². The highest BCUT2D eigenvalue weighted by Crippen LogP contribution is 2.31. The van der Waals surface area contributed by atoms with Gasteiger partial charge in [-0.05, 0) is 17.5 Å². The molecule has 22 heavy (non-hydrogen) atoms. The normalized spacial score (nSPS) is 13.5. The molecule has 0 amide bonds. The molecule has 3 rings (SSSR count).